The number of urea groups is 1. The predicted octanol–water partition coefficient (Wildman–Crippen LogP) is 2.78. The topological polar surface area (TPSA) is 59.6 Å². The Labute approximate surface area is 136 Å². The Morgan fingerprint density at radius 1 is 1.30 bits per heavy atom. The summed E-state index contributed by atoms with van der Waals surface area (Å²) in [6.07, 6.45) is 9.75. The average molecular weight is 314 g/mol. The third-order valence-electron chi connectivity index (χ3n) is 4.53. The standard InChI is InChI=1S/C18H22N2O3/c1-2-11-22-14-8-6-13(7-9-14)19-18(21)20-16-4-3-5-17-15(16)10-12-23-17/h1,6-9,15-17H,3-5,10-12H2,(H2,19,20,21)/t15-,16-,17+/m1/s1. The number of fused-ring (bicyclic) bond motifs is 1. The lowest BCUT2D eigenvalue weighted by atomic mass is 9.82. The van der Waals surface area contributed by atoms with Crippen LogP contribution in [0.5, 0.6) is 5.75 Å². The molecule has 1 saturated carbocycles. The molecular weight excluding hydrogens is 292 g/mol. The monoisotopic (exact) mass is 314 g/mol. The number of hydrogen-bond acceptors (Lipinski definition) is 3. The van der Waals surface area contributed by atoms with Gasteiger partial charge in [0.05, 0.1) is 6.10 Å². The number of rotatable bonds is 4. The van der Waals surface area contributed by atoms with Crippen molar-refractivity contribution < 1.29 is 14.3 Å². The van der Waals surface area contributed by atoms with E-state index in [0.717, 1.165) is 38.0 Å². The highest BCUT2D eigenvalue weighted by Crippen LogP contribution is 2.34. The van der Waals surface area contributed by atoms with Gasteiger partial charge in [0.1, 0.15) is 12.4 Å². The molecule has 3 atom stereocenters. The fraction of sp³-hybridized carbons (Fsp3) is 0.500. The van der Waals surface area contributed by atoms with Crippen molar-refractivity contribution in [1.82, 2.24) is 5.32 Å². The molecule has 1 aliphatic carbocycles. The minimum absolute atomic E-state index is 0.167. The van der Waals surface area contributed by atoms with E-state index in [-0.39, 0.29) is 18.7 Å². The molecule has 2 N–H and O–H groups in total. The number of terminal acetylenes is 1. The summed E-state index contributed by atoms with van der Waals surface area (Å²) in [6, 6.07) is 7.21. The number of ether oxygens (including phenoxy) is 2. The van der Waals surface area contributed by atoms with Gasteiger partial charge in [-0.05, 0) is 49.9 Å². The summed E-state index contributed by atoms with van der Waals surface area (Å²) in [5.41, 5.74) is 0.727. The Balaban J connectivity index is 1.51. The van der Waals surface area contributed by atoms with Gasteiger partial charge < -0.3 is 20.1 Å². The Morgan fingerprint density at radius 3 is 2.91 bits per heavy atom. The quantitative estimate of drug-likeness (QED) is 0.840. The molecule has 5 nitrogen and oxygen atoms in total. The first-order valence-electron chi connectivity index (χ1n) is 8.11. The molecular formula is C18H22N2O3. The highest BCUT2D eigenvalue weighted by Gasteiger charge is 2.38. The zero-order chi connectivity index (χ0) is 16.1. The van der Waals surface area contributed by atoms with Crippen LogP contribution in [0.15, 0.2) is 24.3 Å². The van der Waals surface area contributed by atoms with Crippen LogP contribution in [0.3, 0.4) is 0 Å². The van der Waals surface area contributed by atoms with Crippen molar-refractivity contribution in [2.75, 3.05) is 18.5 Å². The SMILES string of the molecule is C#CCOc1ccc(NC(=O)N[C@@H]2CCC[C@@H]3OCC[C@@H]32)cc1. The first-order valence-corrected chi connectivity index (χ1v) is 8.11. The number of benzene rings is 1. The number of hydrogen-bond donors (Lipinski definition) is 2. The van der Waals surface area contributed by atoms with E-state index in [9.17, 15) is 4.79 Å². The molecule has 0 aromatic heterocycles. The molecule has 23 heavy (non-hydrogen) atoms. The van der Waals surface area contributed by atoms with Gasteiger partial charge in [-0.1, -0.05) is 5.92 Å². The molecule has 1 saturated heterocycles. The maximum absolute atomic E-state index is 12.2. The van der Waals surface area contributed by atoms with Crippen molar-refractivity contribution in [2.45, 2.75) is 37.8 Å². The summed E-state index contributed by atoms with van der Waals surface area (Å²) in [4.78, 5) is 12.2. The number of amides is 2. The van der Waals surface area contributed by atoms with Crippen molar-refractivity contribution in [3.8, 4) is 18.1 Å². The zero-order valence-corrected chi connectivity index (χ0v) is 13.1. The number of nitrogens with one attached hydrogen (secondary N) is 2. The molecule has 0 bridgehead atoms. The van der Waals surface area contributed by atoms with Gasteiger partial charge in [-0.15, -0.1) is 6.42 Å². The summed E-state index contributed by atoms with van der Waals surface area (Å²) < 4.78 is 11.0. The van der Waals surface area contributed by atoms with E-state index in [4.69, 9.17) is 15.9 Å². The van der Waals surface area contributed by atoms with Crippen LogP contribution >= 0.6 is 0 Å². The molecule has 122 valence electrons. The van der Waals surface area contributed by atoms with Gasteiger partial charge in [0.25, 0.3) is 0 Å². The number of carbonyl (C=O) groups is 1. The van der Waals surface area contributed by atoms with Crippen LogP contribution in [-0.4, -0.2) is 31.4 Å². The van der Waals surface area contributed by atoms with Gasteiger partial charge >= 0.3 is 6.03 Å². The lowest BCUT2D eigenvalue weighted by Gasteiger charge is -2.33. The van der Waals surface area contributed by atoms with Gasteiger partial charge in [0.2, 0.25) is 0 Å². The largest absolute Gasteiger partial charge is 0.481 e. The summed E-state index contributed by atoms with van der Waals surface area (Å²) in [6.45, 7) is 1.05. The van der Waals surface area contributed by atoms with Crippen LogP contribution in [0, 0.1) is 18.3 Å². The number of anilines is 1. The summed E-state index contributed by atoms with van der Waals surface area (Å²) in [7, 11) is 0. The zero-order valence-electron chi connectivity index (χ0n) is 13.1. The Morgan fingerprint density at radius 2 is 2.13 bits per heavy atom. The van der Waals surface area contributed by atoms with Crippen molar-refractivity contribution >= 4 is 11.7 Å². The van der Waals surface area contributed by atoms with E-state index >= 15 is 0 Å². The summed E-state index contributed by atoms with van der Waals surface area (Å²) in [5.74, 6) is 3.55. The van der Waals surface area contributed by atoms with Crippen molar-refractivity contribution in [3.05, 3.63) is 24.3 Å². The summed E-state index contributed by atoms with van der Waals surface area (Å²) in [5, 5.41) is 5.97. The lowest BCUT2D eigenvalue weighted by molar-refractivity contribution is 0.0553. The highest BCUT2D eigenvalue weighted by atomic mass is 16.5. The second-order valence-corrected chi connectivity index (χ2v) is 6.01. The molecule has 1 aliphatic heterocycles. The van der Waals surface area contributed by atoms with Gasteiger partial charge in [0, 0.05) is 24.3 Å². The first kappa shape index (κ1) is 15.7. The number of carbonyl (C=O) groups excluding carboxylic acids is 1. The van der Waals surface area contributed by atoms with E-state index in [0.29, 0.717) is 17.8 Å². The van der Waals surface area contributed by atoms with Gasteiger partial charge in [-0.25, -0.2) is 4.79 Å². The molecule has 2 fully saturated rings. The van der Waals surface area contributed by atoms with Crippen LogP contribution in [0.25, 0.3) is 0 Å². The molecule has 0 radical (unpaired) electrons. The van der Waals surface area contributed by atoms with Gasteiger partial charge in [-0.2, -0.15) is 0 Å². The van der Waals surface area contributed by atoms with E-state index in [2.05, 4.69) is 16.6 Å². The second kappa shape index (κ2) is 7.38. The van der Waals surface area contributed by atoms with E-state index in [1.165, 1.54) is 0 Å². The van der Waals surface area contributed by atoms with Gasteiger partial charge in [0.15, 0.2) is 0 Å². The molecule has 1 heterocycles. The fourth-order valence-electron chi connectivity index (χ4n) is 3.45. The predicted molar refractivity (Wildman–Crippen MR) is 88.4 cm³/mol. The molecule has 2 amide bonds. The lowest BCUT2D eigenvalue weighted by Crippen LogP contribution is -2.47. The molecule has 1 aromatic rings. The van der Waals surface area contributed by atoms with Crippen molar-refractivity contribution in [3.63, 3.8) is 0 Å². The van der Waals surface area contributed by atoms with Crippen LogP contribution in [0.4, 0.5) is 10.5 Å². The van der Waals surface area contributed by atoms with E-state index in [1.807, 2.05) is 0 Å². The van der Waals surface area contributed by atoms with Crippen LogP contribution < -0.4 is 15.4 Å². The molecule has 1 aromatic carbocycles. The second-order valence-electron chi connectivity index (χ2n) is 6.01. The van der Waals surface area contributed by atoms with E-state index < -0.39 is 0 Å². The Kier molecular flexibility index (Phi) is 5.04. The molecule has 5 heteroatoms. The van der Waals surface area contributed by atoms with Crippen LogP contribution in [0.1, 0.15) is 25.7 Å². The Hall–Kier alpha value is -2.19. The van der Waals surface area contributed by atoms with Crippen LogP contribution in [0.2, 0.25) is 0 Å². The maximum atomic E-state index is 12.2. The molecule has 0 unspecified atom stereocenters. The smallest absolute Gasteiger partial charge is 0.319 e. The highest BCUT2D eigenvalue weighted by molar-refractivity contribution is 5.89. The third kappa shape index (κ3) is 3.96. The third-order valence-corrected chi connectivity index (χ3v) is 4.53. The normalized spacial score (nSPS) is 26.0. The maximum Gasteiger partial charge on any atom is 0.319 e. The Bertz CT molecular complexity index is 579. The molecule has 0 spiro atoms. The van der Waals surface area contributed by atoms with E-state index in [1.54, 1.807) is 24.3 Å². The summed E-state index contributed by atoms with van der Waals surface area (Å²) >= 11 is 0. The van der Waals surface area contributed by atoms with Gasteiger partial charge in [-0.3, -0.25) is 0 Å². The first-order chi connectivity index (χ1) is 11.3. The molecule has 3 rings (SSSR count). The van der Waals surface area contributed by atoms with Crippen molar-refractivity contribution in [1.29, 1.82) is 0 Å². The minimum atomic E-state index is -0.167. The fourth-order valence-corrected chi connectivity index (χ4v) is 3.45. The minimum Gasteiger partial charge on any atom is -0.481 e. The van der Waals surface area contributed by atoms with Crippen molar-refractivity contribution in [2.24, 2.45) is 5.92 Å². The average Bonchev–Trinajstić information content (AvgIpc) is 3.04. The van der Waals surface area contributed by atoms with Crippen LogP contribution in [-0.2, 0) is 4.74 Å². The molecule has 2 aliphatic rings.